The van der Waals surface area contributed by atoms with Gasteiger partial charge in [0.2, 0.25) is 17.7 Å². The van der Waals surface area contributed by atoms with Crippen molar-refractivity contribution in [1.82, 2.24) is 4.90 Å². The van der Waals surface area contributed by atoms with Crippen LogP contribution in [-0.2, 0) is 20.9 Å². The van der Waals surface area contributed by atoms with E-state index in [0.29, 0.717) is 29.5 Å². The summed E-state index contributed by atoms with van der Waals surface area (Å²) >= 11 is 6.01. The van der Waals surface area contributed by atoms with Gasteiger partial charge in [0.25, 0.3) is 0 Å². The molecule has 3 amide bonds. The molecule has 1 fully saturated rings. The first-order chi connectivity index (χ1) is 13.3. The van der Waals surface area contributed by atoms with Gasteiger partial charge in [-0.05, 0) is 35.9 Å². The normalized spacial score (nSPS) is 16.2. The molecule has 1 unspecified atom stereocenters. The third-order valence-corrected chi connectivity index (χ3v) is 5.00. The van der Waals surface area contributed by atoms with Gasteiger partial charge in [0.15, 0.2) is 0 Å². The first-order valence-corrected chi connectivity index (χ1v) is 9.38. The number of hydrogen-bond acceptors (Lipinski definition) is 3. The third kappa shape index (κ3) is 4.70. The Labute approximate surface area is 169 Å². The molecule has 146 valence electrons. The summed E-state index contributed by atoms with van der Waals surface area (Å²) in [4.78, 5) is 39.6. The van der Waals surface area contributed by atoms with Crippen molar-refractivity contribution >= 4 is 40.7 Å². The molecule has 3 rings (SSSR count). The highest BCUT2D eigenvalue weighted by Gasteiger charge is 2.35. The second-order valence-electron chi connectivity index (χ2n) is 6.95. The molecule has 0 saturated carbocycles. The van der Waals surface area contributed by atoms with E-state index >= 15 is 0 Å². The van der Waals surface area contributed by atoms with Crippen molar-refractivity contribution in [2.24, 2.45) is 5.92 Å². The highest BCUT2D eigenvalue weighted by Crippen LogP contribution is 2.28. The minimum Gasteiger partial charge on any atom is -0.342 e. The van der Waals surface area contributed by atoms with Crippen LogP contribution in [0.3, 0.4) is 0 Å². The molecule has 7 heteroatoms. The van der Waals surface area contributed by atoms with Crippen LogP contribution in [0.1, 0.15) is 18.9 Å². The van der Waals surface area contributed by atoms with Crippen LogP contribution in [0.25, 0.3) is 0 Å². The molecule has 0 bridgehead atoms. The molecule has 0 spiro atoms. The average molecular weight is 400 g/mol. The van der Waals surface area contributed by atoms with Gasteiger partial charge < -0.3 is 15.1 Å². The number of anilines is 2. The molecule has 0 aromatic heterocycles. The van der Waals surface area contributed by atoms with Gasteiger partial charge in [-0.1, -0.05) is 29.8 Å². The van der Waals surface area contributed by atoms with Crippen LogP contribution in [0.15, 0.2) is 48.5 Å². The van der Waals surface area contributed by atoms with E-state index < -0.39 is 5.92 Å². The SMILES string of the molecule is CC(=O)N(C)Cc1cccc(NC(=O)C2CC(=O)N(c3cccc(Cl)c3)C2)c1. The van der Waals surface area contributed by atoms with Crippen molar-refractivity contribution in [3.8, 4) is 0 Å². The maximum atomic E-state index is 12.7. The lowest BCUT2D eigenvalue weighted by molar-refractivity contribution is -0.128. The summed E-state index contributed by atoms with van der Waals surface area (Å²) < 4.78 is 0. The number of carbonyl (C=O) groups is 3. The van der Waals surface area contributed by atoms with Gasteiger partial charge in [0.05, 0.1) is 5.92 Å². The van der Waals surface area contributed by atoms with E-state index in [9.17, 15) is 14.4 Å². The van der Waals surface area contributed by atoms with Crippen molar-refractivity contribution in [1.29, 1.82) is 0 Å². The molecule has 2 aromatic rings. The van der Waals surface area contributed by atoms with E-state index in [1.54, 1.807) is 47.2 Å². The molecule has 1 aliphatic rings. The van der Waals surface area contributed by atoms with E-state index in [-0.39, 0.29) is 24.1 Å². The lowest BCUT2D eigenvalue weighted by atomic mass is 10.1. The molecule has 2 aromatic carbocycles. The van der Waals surface area contributed by atoms with Gasteiger partial charge in [-0.2, -0.15) is 0 Å². The lowest BCUT2D eigenvalue weighted by Gasteiger charge is -2.17. The van der Waals surface area contributed by atoms with Crippen molar-refractivity contribution in [3.05, 3.63) is 59.1 Å². The third-order valence-electron chi connectivity index (χ3n) is 4.77. The topological polar surface area (TPSA) is 69.7 Å². The lowest BCUT2D eigenvalue weighted by Crippen LogP contribution is -2.28. The number of halogens is 1. The predicted molar refractivity (Wildman–Crippen MR) is 109 cm³/mol. The Kier molecular flexibility index (Phi) is 5.99. The monoisotopic (exact) mass is 399 g/mol. The Bertz CT molecular complexity index is 915. The summed E-state index contributed by atoms with van der Waals surface area (Å²) in [5.41, 5.74) is 2.26. The Morgan fingerprint density at radius 3 is 2.68 bits per heavy atom. The van der Waals surface area contributed by atoms with Crippen molar-refractivity contribution in [3.63, 3.8) is 0 Å². The summed E-state index contributed by atoms with van der Waals surface area (Å²) in [6.07, 6.45) is 0.158. The largest absolute Gasteiger partial charge is 0.342 e. The first-order valence-electron chi connectivity index (χ1n) is 9.01. The van der Waals surface area contributed by atoms with Gasteiger partial charge in [0.1, 0.15) is 0 Å². The molecule has 1 saturated heterocycles. The molecular formula is C21H22ClN3O3. The molecule has 1 heterocycles. The zero-order chi connectivity index (χ0) is 20.3. The summed E-state index contributed by atoms with van der Waals surface area (Å²) in [7, 11) is 1.72. The van der Waals surface area contributed by atoms with Crippen LogP contribution in [-0.4, -0.2) is 36.2 Å². The number of rotatable bonds is 5. The van der Waals surface area contributed by atoms with E-state index in [0.717, 1.165) is 5.56 Å². The van der Waals surface area contributed by atoms with Crippen LogP contribution in [0.5, 0.6) is 0 Å². The average Bonchev–Trinajstić information content (AvgIpc) is 3.04. The standard InChI is InChI=1S/C21H22ClN3O3/c1-14(26)24(2)12-15-5-3-7-18(9-15)23-21(28)16-10-20(27)25(13-16)19-8-4-6-17(22)11-19/h3-9,11,16H,10,12-13H2,1-2H3,(H,23,28). The minimum atomic E-state index is -0.435. The van der Waals surface area contributed by atoms with Gasteiger partial charge in [-0.15, -0.1) is 0 Å². The Morgan fingerprint density at radius 1 is 1.21 bits per heavy atom. The highest BCUT2D eigenvalue weighted by molar-refractivity contribution is 6.31. The number of benzene rings is 2. The molecule has 0 radical (unpaired) electrons. The zero-order valence-electron chi connectivity index (χ0n) is 15.8. The van der Waals surface area contributed by atoms with Crippen LogP contribution in [0.4, 0.5) is 11.4 Å². The Balaban J connectivity index is 1.65. The number of nitrogens with one attached hydrogen (secondary N) is 1. The maximum Gasteiger partial charge on any atom is 0.229 e. The second kappa shape index (κ2) is 8.44. The van der Waals surface area contributed by atoms with Crippen molar-refractivity contribution < 1.29 is 14.4 Å². The minimum absolute atomic E-state index is 0.0278. The molecular weight excluding hydrogens is 378 g/mol. The van der Waals surface area contributed by atoms with Gasteiger partial charge in [-0.3, -0.25) is 14.4 Å². The summed E-state index contributed by atoms with van der Waals surface area (Å²) in [5.74, 6) is -0.760. The van der Waals surface area contributed by atoms with E-state index in [4.69, 9.17) is 11.6 Å². The van der Waals surface area contributed by atoms with Gasteiger partial charge in [0, 0.05) is 49.9 Å². The maximum absolute atomic E-state index is 12.7. The van der Waals surface area contributed by atoms with Crippen LogP contribution in [0, 0.1) is 5.92 Å². The van der Waals surface area contributed by atoms with E-state index in [1.165, 1.54) is 6.92 Å². The Hall–Kier alpha value is -2.86. The fourth-order valence-corrected chi connectivity index (χ4v) is 3.34. The predicted octanol–water partition coefficient (Wildman–Crippen LogP) is 3.31. The fourth-order valence-electron chi connectivity index (χ4n) is 3.15. The van der Waals surface area contributed by atoms with Crippen LogP contribution < -0.4 is 10.2 Å². The van der Waals surface area contributed by atoms with Crippen LogP contribution >= 0.6 is 11.6 Å². The number of carbonyl (C=O) groups excluding carboxylic acids is 3. The quantitative estimate of drug-likeness (QED) is 0.838. The smallest absolute Gasteiger partial charge is 0.229 e. The van der Waals surface area contributed by atoms with Crippen molar-refractivity contribution in [2.75, 3.05) is 23.8 Å². The number of nitrogens with zero attached hydrogens (tertiary/aromatic N) is 2. The molecule has 1 N–H and O–H groups in total. The van der Waals surface area contributed by atoms with Crippen LogP contribution in [0.2, 0.25) is 5.02 Å². The molecule has 1 aliphatic heterocycles. The van der Waals surface area contributed by atoms with E-state index in [2.05, 4.69) is 5.32 Å². The number of hydrogen-bond donors (Lipinski definition) is 1. The van der Waals surface area contributed by atoms with Crippen molar-refractivity contribution in [2.45, 2.75) is 19.9 Å². The van der Waals surface area contributed by atoms with Gasteiger partial charge in [-0.25, -0.2) is 0 Å². The Morgan fingerprint density at radius 2 is 1.96 bits per heavy atom. The molecule has 6 nitrogen and oxygen atoms in total. The summed E-state index contributed by atoms with van der Waals surface area (Å²) in [6.45, 7) is 2.29. The number of amides is 3. The fraction of sp³-hybridized carbons (Fsp3) is 0.286. The first kappa shape index (κ1) is 19.9. The zero-order valence-corrected chi connectivity index (χ0v) is 16.6. The van der Waals surface area contributed by atoms with E-state index in [1.807, 2.05) is 18.2 Å². The molecule has 1 atom stereocenters. The molecule has 28 heavy (non-hydrogen) atoms. The highest BCUT2D eigenvalue weighted by atomic mass is 35.5. The summed E-state index contributed by atoms with van der Waals surface area (Å²) in [5, 5.41) is 3.43. The van der Waals surface area contributed by atoms with Gasteiger partial charge >= 0.3 is 0 Å². The molecule has 0 aliphatic carbocycles. The second-order valence-corrected chi connectivity index (χ2v) is 7.39. The summed E-state index contributed by atoms with van der Waals surface area (Å²) in [6, 6.07) is 14.4.